The van der Waals surface area contributed by atoms with E-state index in [9.17, 15) is 18.0 Å². The Kier molecular flexibility index (Phi) is 7.64. The summed E-state index contributed by atoms with van der Waals surface area (Å²) in [6, 6.07) is 1.64. The van der Waals surface area contributed by atoms with Crippen LogP contribution < -0.4 is 16.4 Å². The Bertz CT molecular complexity index is 573. The second-order valence-corrected chi connectivity index (χ2v) is 5.35. The predicted octanol–water partition coefficient (Wildman–Crippen LogP) is 2.36. The molecule has 0 atom stereocenters. The number of carbonyl (C=O) groups is 1. The summed E-state index contributed by atoms with van der Waals surface area (Å²) in [5.74, 6) is -5.11. The lowest BCUT2D eigenvalue weighted by atomic mass is 10.1. The third-order valence-electron chi connectivity index (χ3n) is 2.21. The van der Waals surface area contributed by atoms with Crippen molar-refractivity contribution in [2.75, 3.05) is 11.9 Å². The molecule has 0 radical (unpaired) electrons. The summed E-state index contributed by atoms with van der Waals surface area (Å²) in [7, 11) is 0. The van der Waals surface area contributed by atoms with Crippen LogP contribution in [0.1, 0.15) is 20.8 Å². The van der Waals surface area contributed by atoms with Gasteiger partial charge in [0.15, 0.2) is 23.4 Å². The van der Waals surface area contributed by atoms with Crippen LogP contribution in [0.5, 0.6) is 0 Å². The van der Waals surface area contributed by atoms with Crippen LogP contribution in [0.4, 0.5) is 18.9 Å². The second kappa shape index (κ2) is 8.20. The van der Waals surface area contributed by atoms with E-state index in [0.29, 0.717) is 6.07 Å². The number of nitrogens with zero attached hydrogens (tertiary/aromatic N) is 1. The van der Waals surface area contributed by atoms with Gasteiger partial charge in [0, 0.05) is 5.54 Å². The highest BCUT2D eigenvalue weighted by atomic mass is 127. The number of benzene rings is 1. The van der Waals surface area contributed by atoms with Crippen molar-refractivity contribution in [1.82, 2.24) is 5.32 Å². The zero-order chi connectivity index (χ0) is 16.2. The smallest absolute Gasteiger partial charge is 0.246 e. The molecule has 0 heterocycles. The molecule has 0 unspecified atom stereocenters. The fourth-order valence-electron chi connectivity index (χ4n) is 1.39. The first-order valence-corrected chi connectivity index (χ1v) is 6.11. The molecule has 0 aliphatic heterocycles. The summed E-state index contributed by atoms with van der Waals surface area (Å²) in [4.78, 5) is 15.3. The Morgan fingerprint density at radius 2 is 1.82 bits per heavy atom. The maximum Gasteiger partial charge on any atom is 0.246 e. The van der Waals surface area contributed by atoms with Gasteiger partial charge in [-0.3, -0.25) is 4.79 Å². The molecule has 0 aliphatic rings. The van der Waals surface area contributed by atoms with Gasteiger partial charge in [0.2, 0.25) is 5.91 Å². The molecule has 0 saturated carbocycles. The van der Waals surface area contributed by atoms with E-state index in [1.54, 1.807) is 0 Å². The number of anilines is 1. The van der Waals surface area contributed by atoms with Gasteiger partial charge in [-0.2, -0.15) is 0 Å². The Hall–Kier alpha value is -1.52. The van der Waals surface area contributed by atoms with E-state index in [2.05, 4.69) is 15.6 Å². The van der Waals surface area contributed by atoms with Crippen molar-refractivity contribution in [3.63, 3.8) is 0 Å². The van der Waals surface area contributed by atoms with Crippen molar-refractivity contribution in [2.45, 2.75) is 26.3 Å². The molecule has 9 heteroatoms. The van der Waals surface area contributed by atoms with E-state index >= 15 is 0 Å². The van der Waals surface area contributed by atoms with Crippen LogP contribution in [0.3, 0.4) is 0 Å². The summed E-state index contributed by atoms with van der Waals surface area (Å²) in [6.45, 7) is 5.18. The third-order valence-corrected chi connectivity index (χ3v) is 2.21. The van der Waals surface area contributed by atoms with Crippen molar-refractivity contribution >= 4 is 41.5 Å². The number of nitrogens with one attached hydrogen (secondary N) is 2. The lowest BCUT2D eigenvalue weighted by Gasteiger charge is -2.20. The van der Waals surface area contributed by atoms with Gasteiger partial charge in [0.05, 0.1) is 5.69 Å². The van der Waals surface area contributed by atoms with Gasteiger partial charge in [-0.05, 0) is 32.9 Å². The molecule has 0 aliphatic carbocycles. The topological polar surface area (TPSA) is 79.5 Å². The minimum absolute atomic E-state index is 0. The molecule has 1 rings (SSSR count). The van der Waals surface area contributed by atoms with Crippen molar-refractivity contribution in [1.29, 1.82) is 0 Å². The number of carbonyl (C=O) groups excluding carboxylic acids is 1. The molecule has 0 aromatic heterocycles. The van der Waals surface area contributed by atoms with Crippen LogP contribution in [0.25, 0.3) is 0 Å². The molecule has 124 valence electrons. The lowest BCUT2D eigenvalue weighted by Crippen LogP contribution is -2.45. The maximum atomic E-state index is 13.3. The Labute approximate surface area is 143 Å². The van der Waals surface area contributed by atoms with E-state index < -0.39 is 29.0 Å². The maximum absolute atomic E-state index is 13.3. The number of guanidine groups is 1. The summed E-state index contributed by atoms with van der Waals surface area (Å²) in [5.41, 5.74) is 4.77. The lowest BCUT2D eigenvalue weighted by molar-refractivity contribution is -0.114. The normalized spacial score (nSPS) is 11.6. The van der Waals surface area contributed by atoms with Gasteiger partial charge in [0.1, 0.15) is 6.54 Å². The summed E-state index contributed by atoms with van der Waals surface area (Å²) < 4.78 is 39.1. The van der Waals surface area contributed by atoms with Crippen molar-refractivity contribution in [3.8, 4) is 0 Å². The zero-order valence-corrected chi connectivity index (χ0v) is 14.7. The molecule has 5 nitrogen and oxygen atoms in total. The van der Waals surface area contributed by atoms with Crippen LogP contribution in [0.2, 0.25) is 0 Å². The first-order valence-electron chi connectivity index (χ1n) is 6.11. The molecule has 1 aromatic rings. The summed E-state index contributed by atoms with van der Waals surface area (Å²) >= 11 is 0. The SMILES string of the molecule is CC(C)(C)NC(N)=NCC(=O)Nc1ccc(F)c(F)c1F.I. The second-order valence-electron chi connectivity index (χ2n) is 5.35. The Morgan fingerprint density at radius 3 is 2.36 bits per heavy atom. The fraction of sp³-hybridized carbons (Fsp3) is 0.385. The van der Waals surface area contributed by atoms with Crippen LogP contribution in [-0.2, 0) is 4.79 Å². The molecular weight excluding hydrogens is 412 g/mol. The quantitative estimate of drug-likeness (QED) is 0.298. The van der Waals surface area contributed by atoms with Gasteiger partial charge in [-0.25, -0.2) is 18.2 Å². The number of hydrogen-bond donors (Lipinski definition) is 3. The van der Waals surface area contributed by atoms with E-state index in [1.165, 1.54) is 0 Å². The van der Waals surface area contributed by atoms with E-state index in [0.717, 1.165) is 6.07 Å². The molecule has 0 saturated heterocycles. The van der Waals surface area contributed by atoms with E-state index in [4.69, 9.17) is 5.73 Å². The van der Waals surface area contributed by atoms with E-state index in [-0.39, 0.29) is 42.0 Å². The molecule has 1 amide bonds. The molecule has 22 heavy (non-hydrogen) atoms. The van der Waals surface area contributed by atoms with Crippen molar-refractivity contribution < 1.29 is 18.0 Å². The van der Waals surface area contributed by atoms with Crippen LogP contribution in [0, 0.1) is 17.5 Å². The number of aliphatic imine (C=N–C) groups is 1. The van der Waals surface area contributed by atoms with Crippen LogP contribution >= 0.6 is 24.0 Å². The van der Waals surface area contributed by atoms with Gasteiger partial charge in [-0.15, -0.1) is 24.0 Å². The Morgan fingerprint density at radius 1 is 1.23 bits per heavy atom. The van der Waals surface area contributed by atoms with Gasteiger partial charge < -0.3 is 16.4 Å². The molecule has 4 N–H and O–H groups in total. The average molecular weight is 430 g/mol. The highest BCUT2D eigenvalue weighted by Crippen LogP contribution is 2.19. The molecule has 0 fully saturated rings. The number of nitrogens with two attached hydrogens (primary N) is 1. The number of rotatable bonds is 3. The number of halogens is 4. The fourth-order valence-corrected chi connectivity index (χ4v) is 1.39. The standard InChI is InChI=1S/C13H17F3N4O.HI/c1-13(2,3)20-12(17)18-6-9(21)19-8-5-4-7(14)10(15)11(8)16;/h4-5H,6H2,1-3H3,(H,19,21)(H3,17,18,20);1H. The minimum atomic E-state index is -1.65. The largest absolute Gasteiger partial charge is 0.370 e. The predicted molar refractivity (Wildman–Crippen MR) is 89.7 cm³/mol. The zero-order valence-electron chi connectivity index (χ0n) is 12.3. The minimum Gasteiger partial charge on any atom is -0.370 e. The molecule has 0 bridgehead atoms. The summed E-state index contributed by atoms with van der Waals surface area (Å²) in [6.07, 6.45) is 0. The number of amides is 1. The van der Waals surface area contributed by atoms with Crippen LogP contribution in [0.15, 0.2) is 17.1 Å². The third kappa shape index (κ3) is 6.50. The first-order chi connectivity index (χ1) is 9.60. The first kappa shape index (κ1) is 20.5. The van der Waals surface area contributed by atoms with Crippen LogP contribution in [-0.4, -0.2) is 24.0 Å². The molecular formula is C13H18F3IN4O. The van der Waals surface area contributed by atoms with Crippen molar-refractivity contribution in [3.05, 3.63) is 29.6 Å². The van der Waals surface area contributed by atoms with E-state index in [1.807, 2.05) is 20.8 Å². The average Bonchev–Trinajstić information content (AvgIpc) is 2.35. The van der Waals surface area contributed by atoms with Gasteiger partial charge in [0.25, 0.3) is 0 Å². The Balaban J connectivity index is 0.00000441. The highest BCUT2D eigenvalue weighted by Gasteiger charge is 2.15. The number of hydrogen-bond acceptors (Lipinski definition) is 2. The highest BCUT2D eigenvalue weighted by molar-refractivity contribution is 14.0. The van der Waals surface area contributed by atoms with Gasteiger partial charge >= 0.3 is 0 Å². The van der Waals surface area contributed by atoms with Gasteiger partial charge in [-0.1, -0.05) is 0 Å². The van der Waals surface area contributed by atoms with Crippen molar-refractivity contribution in [2.24, 2.45) is 10.7 Å². The summed E-state index contributed by atoms with van der Waals surface area (Å²) in [5, 5.41) is 4.92. The molecule has 1 aromatic carbocycles. The molecule has 0 spiro atoms. The monoisotopic (exact) mass is 430 g/mol.